The number of amides is 2. The number of nitrogens with one attached hydrogen (secondary N) is 2. The zero-order valence-electron chi connectivity index (χ0n) is 9.81. The minimum Gasteiger partial charge on any atom is -0.331 e. The van der Waals surface area contributed by atoms with Crippen LogP contribution in [0.15, 0.2) is 41.8 Å². The molecule has 2 aromatic rings. The molecule has 0 aliphatic heterocycles. The Morgan fingerprint density at radius 1 is 1.28 bits per heavy atom. The first-order chi connectivity index (χ1) is 8.66. The lowest BCUT2D eigenvalue weighted by Crippen LogP contribution is -2.31. The summed E-state index contributed by atoms with van der Waals surface area (Å²) in [5.41, 5.74) is 0.174. The molecule has 2 N–H and O–H groups in total. The van der Waals surface area contributed by atoms with Crippen LogP contribution >= 0.6 is 11.3 Å². The normalized spacial score (nSPS) is 11.9. The molecule has 3 nitrogen and oxygen atoms in total. The first kappa shape index (κ1) is 12.6. The van der Waals surface area contributed by atoms with Crippen molar-refractivity contribution in [3.05, 3.63) is 52.5 Å². The number of carbonyl (C=O) groups is 1. The lowest BCUT2D eigenvalue weighted by molar-refractivity contribution is 0.249. The average molecular weight is 264 g/mol. The van der Waals surface area contributed by atoms with Crippen molar-refractivity contribution >= 4 is 23.1 Å². The lowest BCUT2D eigenvalue weighted by atomic mass is 10.3. The molecule has 0 saturated carbocycles. The van der Waals surface area contributed by atoms with Crippen LogP contribution in [0.25, 0.3) is 0 Å². The second kappa shape index (κ2) is 5.64. The molecule has 1 aromatic heterocycles. The van der Waals surface area contributed by atoms with Gasteiger partial charge in [0.25, 0.3) is 0 Å². The van der Waals surface area contributed by atoms with Gasteiger partial charge < -0.3 is 10.6 Å². The number of rotatable bonds is 3. The Morgan fingerprint density at radius 3 is 2.72 bits per heavy atom. The number of urea groups is 1. The monoisotopic (exact) mass is 264 g/mol. The summed E-state index contributed by atoms with van der Waals surface area (Å²) >= 11 is 1.57. The van der Waals surface area contributed by atoms with Gasteiger partial charge >= 0.3 is 6.03 Å². The van der Waals surface area contributed by atoms with Gasteiger partial charge in [0.15, 0.2) is 0 Å². The summed E-state index contributed by atoms with van der Waals surface area (Å²) in [6, 6.07) is 9.42. The largest absolute Gasteiger partial charge is 0.331 e. The Hall–Kier alpha value is -1.88. The van der Waals surface area contributed by atoms with E-state index in [0.29, 0.717) is 0 Å². The van der Waals surface area contributed by atoms with Gasteiger partial charge in [-0.15, -0.1) is 11.3 Å². The van der Waals surface area contributed by atoms with Crippen LogP contribution in [-0.2, 0) is 0 Å². The van der Waals surface area contributed by atoms with E-state index in [2.05, 4.69) is 10.6 Å². The summed E-state index contributed by atoms with van der Waals surface area (Å²) < 4.78 is 13.3. The molecule has 2 amide bonds. The zero-order valence-corrected chi connectivity index (χ0v) is 10.6. The molecular weight excluding hydrogens is 251 g/mol. The summed E-state index contributed by atoms with van der Waals surface area (Å²) in [5.74, 6) is -0.448. The number of anilines is 1. The molecule has 0 spiro atoms. The highest BCUT2D eigenvalue weighted by Crippen LogP contribution is 2.18. The van der Waals surface area contributed by atoms with Crippen molar-refractivity contribution in [2.24, 2.45) is 0 Å². The Bertz CT molecular complexity index is 528. The smallest absolute Gasteiger partial charge is 0.319 e. The van der Waals surface area contributed by atoms with Crippen molar-refractivity contribution in [3.63, 3.8) is 0 Å². The number of hydrogen-bond donors (Lipinski definition) is 2. The highest BCUT2D eigenvalue weighted by Gasteiger charge is 2.11. The Balaban J connectivity index is 1.95. The van der Waals surface area contributed by atoms with Crippen LogP contribution in [0.4, 0.5) is 14.9 Å². The SMILES string of the molecule is CC(NC(=O)Nc1ccccc1F)c1cccs1. The molecule has 1 heterocycles. The molecule has 1 unspecified atom stereocenters. The minimum atomic E-state index is -0.448. The van der Waals surface area contributed by atoms with E-state index in [4.69, 9.17) is 0 Å². The molecule has 0 radical (unpaired) electrons. The van der Waals surface area contributed by atoms with Crippen LogP contribution in [0.3, 0.4) is 0 Å². The van der Waals surface area contributed by atoms with Gasteiger partial charge in [-0.05, 0) is 30.5 Å². The maximum Gasteiger partial charge on any atom is 0.319 e. The number of carbonyl (C=O) groups excluding carboxylic acids is 1. The second-order valence-corrected chi connectivity index (χ2v) is 4.79. The van der Waals surface area contributed by atoms with E-state index in [1.54, 1.807) is 23.5 Å². The zero-order chi connectivity index (χ0) is 13.0. The molecule has 0 aliphatic carbocycles. The molecule has 94 valence electrons. The fraction of sp³-hybridized carbons (Fsp3) is 0.154. The summed E-state index contributed by atoms with van der Waals surface area (Å²) in [6.45, 7) is 1.88. The third kappa shape index (κ3) is 3.07. The average Bonchev–Trinajstić information content (AvgIpc) is 2.85. The maximum absolute atomic E-state index is 13.3. The summed E-state index contributed by atoms with van der Waals surface area (Å²) in [4.78, 5) is 12.7. The fourth-order valence-electron chi connectivity index (χ4n) is 1.53. The van der Waals surface area contributed by atoms with Gasteiger partial charge in [-0.3, -0.25) is 0 Å². The first-order valence-corrected chi connectivity index (χ1v) is 6.40. The molecule has 0 aliphatic rings. The Kier molecular flexibility index (Phi) is 3.94. The van der Waals surface area contributed by atoms with Crippen LogP contribution in [0, 0.1) is 5.82 Å². The molecule has 18 heavy (non-hydrogen) atoms. The highest BCUT2D eigenvalue weighted by molar-refractivity contribution is 7.10. The standard InChI is InChI=1S/C13H13FN2OS/c1-9(12-7-4-8-18-12)15-13(17)16-11-6-3-2-5-10(11)14/h2-9H,1H3,(H2,15,16,17). The summed E-state index contributed by atoms with van der Waals surface area (Å²) in [6.07, 6.45) is 0. The van der Waals surface area contributed by atoms with E-state index >= 15 is 0 Å². The van der Waals surface area contributed by atoms with Crippen molar-refractivity contribution < 1.29 is 9.18 Å². The van der Waals surface area contributed by atoms with Crippen LogP contribution < -0.4 is 10.6 Å². The van der Waals surface area contributed by atoms with Crippen molar-refractivity contribution in [1.82, 2.24) is 5.32 Å². The Morgan fingerprint density at radius 2 is 2.06 bits per heavy atom. The van der Waals surface area contributed by atoms with Gasteiger partial charge in [-0.1, -0.05) is 18.2 Å². The van der Waals surface area contributed by atoms with Crippen molar-refractivity contribution in [3.8, 4) is 0 Å². The van der Waals surface area contributed by atoms with Gasteiger partial charge in [0.2, 0.25) is 0 Å². The van der Waals surface area contributed by atoms with E-state index in [0.717, 1.165) is 4.88 Å². The van der Waals surface area contributed by atoms with E-state index in [1.165, 1.54) is 12.1 Å². The van der Waals surface area contributed by atoms with Gasteiger partial charge in [-0.2, -0.15) is 0 Å². The van der Waals surface area contributed by atoms with Crippen LogP contribution in [0.1, 0.15) is 17.8 Å². The van der Waals surface area contributed by atoms with E-state index in [9.17, 15) is 9.18 Å². The molecule has 0 saturated heterocycles. The van der Waals surface area contributed by atoms with Crippen LogP contribution in [0.5, 0.6) is 0 Å². The predicted molar refractivity (Wildman–Crippen MR) is 71.3 cm³/mol. The second-order valence-electron chi connectivity index (χ2n) is 3.82. The molecule has 0 bridgehead atoms. The lowest BCUT2D eigenvalue weighted by Gasteiger charge is -2.13. The summed E-state index contributed by atoms with van der Waals surface area (Å²) in [7, 11) is 0. The number of benzene rings is 1. The predicted octanol–water partition coefficient (Wildman–Crippen LogP) is 3.77. The number of halogens is 1. The van der Waals surface area contributed by atoms with Crippen LogP contribution in [0.2, 0.25) is 0 Å². The van der Waals surface area contributed by atoms with Crippen LogP contribution in [-0.4, -0.2) is 6.03 Å². The molecular formula is C13H13FN2OS. The third-order valence-electron chi connectivity index (χ3n) is 2.44. The topological polar surface area (TPSA) is 41.1 Å². The quantitative estimate of drug-likeness (QED) is 0.870. The maximum atomic E-state index is 13.3. The number of para-hydroxylation sites is 1. The van der Waals surface area contributed by atoms with Crippen molar-refractivity contribution in [1.29, 1.82) is 0 Å². The summed E-state index contributed by atoms with van der Waals surface area (Å²) in [5, 5.41) is 7.18. The van der Waals surface area contributed by atoms with Gasteiger partial charge in [0, 0.05) is 4.88 Å². The van der Waals surface area contributed by atoms with Gasteiger partial charge in [0.05, 0.1) is 11.7 Å². The Labute approximate surface area is 109 Å². The van der Waals surface area contributed by atoms with Gasteiger partial charge in [0.1, 0.15) is 5.82 Å². The van der Waals surface area contributed by atoms with E-state index in [-0.39, 0.29) is 11.7 Å². The van der Waals surface area contributed by atoms with E-state index < -0.39 is 11.8 Å². The van der Waals surface area contributed by atoms with E-state index in [1.807, 2.05) is 24.4 Å². The number of hydrogen-bond acceptors (Lipinski definition) is 2. The first-order valence-electron chi connectivity index (χ1n) is 5.52. The van der Waals surface area contributed by atoms with Gasteiger partial charge in [-0.25, -0.2) is 9.18 Å². The molecule has 1 aromatic carbocycles. The molecule has 5 heteroatoms. The fourth-order valence-corrected chi connectivity index (χ4v) is 2.26. The molecule has 1 atom stereocenters. The molecule has 0 fully saturated rings. The third-order valence-corrected chi connectivity index (χ3v) is 3.49. The van der Waals surface area contributed by atoms with Crippen molar-refractivity contribution in [2.45, 2.75) is 13.0 Å². The van der Waals surface area contributed by atoms with Crippen molar-refractivity contribution in [2.75, 3.05) is 5.32 Å². The highest BCUT2D eigenvalue weighted by atomic mass is 32.1. The minimum absolute atomic E-state index is 0.100. The number of thiophene rings is 1. The molecule has 2 rings (SSSR count).